The number of anilines is 2. The molecule has 0 aliphatic rings. The summed E-state index contributed by atoms with van der Waals surface area (Å²) in [4.78, 5) is 19.6. The Balaban J connectivity index is 2.18. The van der Waals surface area contributed by atoms with Gasteiger partial charge in [0.2, 0.25) is 0 Å². The Morgan fingerprint density at radius 2 is 1.90 bits per heavy atom. The molecule has 2 heterocycles. The number of aromatic amines is 1. The van der Waals surface area contributed by atoms with Gasteiger partial charge in [-0.05, 0) is 24.3 Å². The van der Waals surface area contributed by atoms with Crippen LogP contribution in [0.25, 0.3) is 11.0 Å². The summed E-state index contributed by atoms with van der Waals surface area (Å²) in [5, 5.41) is 1.07. The van der Waals surface area contributed by atoms with Gasteiger partial charge >= 0.3 is 0 Å². The normalized spacial score (nSPS) is 10.8. The Kier molecular flexibility index (Phi) is 2.84. The van der Waals surface area contributed by atoms with Crippen molar-refractivity contribution in [2.24, 2.45) is 0 Å². The number of benzene rings is 1. The van der Waals surface area contributed by atoms with Crippen LogP contribution in [0, 0.1) is 0 Å². The van der Waals surface area contributed by atoms with E-state index in [0.29, 0.717) is 38.6 Å². The zero-order valence-corrected chi connectivity index (χ0v) is 11.1. The molecule has 100 valence electrons. The van der Waals surface area contributed by atoms with E-state index in [1.165, 1.54) is 0 Å². The predicted molar refractivity (Wildman–Crippen MR) is 79.8 cm³/mol. The summed E-state index contributed by atoms with van der Waals surface area (Å²) in [5.74, 6) is -0.204. The van der Waals surface area contributed by atoms with E-state index in [4.69, 9.17) is 23.1 Å². The van der Waals surface area contributed by atoms with Crippen molar-refractivity contribution in [3.8, 4) is 0 Å². The van der Waals surface area contributed by atoms with Gasteiger partial charge in [0, 0.05) is 34.7 Å². The monoisotopic (exact) mass is 286 g/mol. The molecule has 0 unspecified atom stereocenters. The molecule has 6 heteroatoms. The third kappa shape index (κ3) is 1.98. The number of aromatic nitrogens is 2. The number of carbonyl (C=O) groups is 1. The van der Waals surface area contributed by atoms with Gasteiger partial charge in [0.05, 0.1) is 10.6 Å². The molecule has 3 rings (SSSR count). The summed E-state index contributed by atoms with van der Waals surface area (Å²) in [6, 6.07) is 6.41. The zero-order chi connectivity index (χ0) is 14.3. The lowest BCUT2D eigenvalue weighted by Gasteiger charge is -2.04. The fraction of sp³-hybridized carbons (Fsp3) is 0. The highest BCUT2D eigenvalue weighted by Gasteiger charge is 2.17. The first-order chi connectivity index (χ1) is 9.56. The summed E-state index contributed by atoms with van der Waals surface area (Å²) in [5.41, 5.74) is 13.7. The Labute approximate surface area is 119 Å². The minimum absolute atomic E-state index is 0.204. The summed E-state index contributed by atoms with van der Waals surface area (Å²) in [6.07, 6.45) is 3.17. The van der Waals surface area contributed by atoms with E-state index in [-0.39, 0.29) is 5.78 Å². The van der Waals surface area contributed by atoms with E-state index < -0.39 is 0 Å². The first-order valence-corrected chi connectivity index (χ1v) is 6.26. The minimum Gasteiger partial charge on any atom is -0.399 e. The number of H-pyrrole nitrogens is 1. The number of rotatable bonds is 2. The highest BCUT2D eigenvalue weighted by Crippen LogP contribution is 2.27. The minimum atomic E-state index is -0.204. The maximum atomic E-state index is 12.6. The predicted octanol–water partition coefficient (Wildman–Crippen LogP) is 2.61. The molecule has 0 atom stereocenters. The van der Waals surface area contributed by atoms with Gasteiger partial charge in [-0.1, -0.05) is 11.6 Å². The molecule has 5 N–H and O–H groups in total. The van der Waals surface area contributed by atoms with Crippen LogP contribution in [-0.4, -0.2) is 15.8 Å². The molecule has 5 nitrogen and oxygen atoms in total. The molecule has 0 aliphatic heterocycles. The van der Waals surface area contributed by atoms with Gasteiger partial charge in [-0.2, -0.15) is 0 Å². The van der Waals surface area contributed by atoms with E-state index in [9.17, 15) is 4.79 Å². The van der Waals surface area contributed by atoms with Gasteiger partial charge in [0.1, 0.15) is 5.65 Å². The van der Waals surface area contributed by atoms with Crippen LogP contribution in [0.1, 0.15) is 15.9 Å². The van der Waals surface area contributed by atoms with Gasteiger partial charge in [0.25, 0.3) is 0 Å². The number of ketones is 1. The maximum Gasteiger partial charge on any atom is 0.195 e. The number of halogens is 1. The summed E-state index contributed by atoms with van der Waals surface area (Å²) in [6.45, 7) is 0. The van der Waals surface area contributed by atoms with Crippen molar-refractivity contribution in [3.63, 3.8) is 0 Å². The third-order valence-corrected chi connectivity index (χ3v) is 3.32. The van der Waals surface area contributed by atoms with Gasteiger partial charge in [-0.3, -0.25) is 4.79 Å². The molecular formula is C14H11ClN4O. The highest BCUT2D eigenvalue weighted by molar-refractivity contribution is 6.37. The molecule has 0 bridgehead atoms. The maximum absolute atomic E-state index is 12.6. The fourth-order valence-corrected chi connectivity index (χ4v) is 2.41. The van der Waals surface area contributed by atoms with Crippen molar-refractivity contribution in [2.45, 2.75) is 0 Å². The molecular weight excluding hydrogens is 276 g/mol. The van der Waals surface area contributed by atoms with Crippen LogP contribution in [0.2, 0.25) is 5.02 Å². The molecule has 0 amide bonds. The van der Waals surface area contributed by atoms with E-state index >= 15 is 0 Å². The van der Waals surface area contributed by atoms with Crippen LogP contribution in [-0.2, 0) is 0 Å². The van der Waals surface area contributed by atoms with Crippen molar-refractivity contribution in [3.05, 3.63) is 52.8 Å². The second kappa shape index (κ2) is 4.54. The lowest BCUT2D eigenvalue weighted by Crippen LogP contribution is -2.03. The second-order valence-corrected chi connectivity index (χ2v) is 4.84. The number of nitrogens with two attached hydrogens (primary N) is 2. The lowest BCUT2D eigenvalue weighted by molar-refractivity contribution is 0.104. The molecule has 20 heavy (non-hydrogen) atoms. The van der Waals surface area contributed by atoms with Crippen LogP contribution < -0.4 is 11.5 Å². The number of nitrogen functional groups attached to an aromatic ring is 2. The number of hydrogen-bond donors (Lipinski definition) is 3. The van der Waals surface area contributed by atoms with E-state index in [2.05, 4.69) is 9.97 Å². The Bertz CT molecular complexity index is 805. The van der Waals surface area contributed by atoms with Crippen LogP contribution in [0.5, 0.6) is 0 Å². The summed E-state index contributed by atoms with van der Waals surface area (Å²) in [7, 11) is 0. The van der Waals surface area contributed by atoms with E-state index in [1.54, 1.807) is 36.7 Å². The average Bonchev–Trinajstić information content (AvgIpc) is 2.82. The quantitative estimate of drug-likeness (QED) is 0.498. The van der Waals surface area contributed by atoms with Crippen molar-refractivity contribution >= 4 is 39.8 Å². The van der Waals surface area contributed by atoms with E-state index in [1.807, 2.05) is 0 Å². The van der Waals surface area contributed by atoms with Crippen LogP contribution in [0.3, 0.4) is 0 Å². The van der Waals surface area contributed by atoms with Gasteiger partial charge in [-0.15, -0.1) is 0 Å². The largest absolute Gasteiger partial charge is 0.399 e. The Hall–Kier alpha value is -2.53. The lowest BCUT2D eigenvalue weighted by atomic mass is 10.0. The summed E-state index contributed by atoms with van der Waals surface area (Å²) < 4.78 is 0. The standard InChI is InChI=1S/C14H11ClN4O/c15-11-1-2-18-14-12(11)10(6-19-14)13(20)7-3-8(16)5-9(17)4-7/h1-6H,16-17H2,(H,18,19). The van der Waals surface area contributed by atoms with Crippen molar-refractivity contribution in [1.29, 1.82) is 0 Å². The first kappa shape index (κ1) is 12.5. The number of fused-ring (bicyclic) bond motifs is 1. The molecule has 1 aromatic carbocycles. The average molecular weight is 287 g/mol. The first-order valence-electron chi connectivity index (χ1n) is 5.88. The second-order valence-electron chi connectivity index (χ2n) is 4.44. The molecule has 2 aromatic heterocycles. The highest BCUT2D eigenvalue weighted by atomic mass is 35.5. The SMILES string of the molecule is Nc1cc(N)cc(C(=O)c2c[nH]c3nccc(Cl)c23)c1. The Morgan fingerprint density at radius 1 is 1.20 bits per heavy atom. The van der Waals surface area contributed by atoms with Crippen LogP contribution in [0.4, 0.5) is 11.4 Å². The summed E-state index contributed by atoms with van der Waals surface area (Å²) >= 11 is 6.14. The fourth-order valence-electron chi connectivity index (χ4n) is 2.16. The number of carbonyl (C=O) groups excluding carboxylic acids is 1. The van der Waals surface area contributed by atoms with Crippen LogP contribution >= 0.6 is 11.6 Å². The molecule has 0 radical (unpaired) electrons. The number of nitrogens with zero attached hydrogens (tertiary/aromatic N) is 1. The van der Waals surface area contributed by atoms with Crippen molar-refractivity contribution in [1.82, 2.24) is 9.97 Å². The number of pyridine rings is 1. The Morgan fingerprint density at radius 3 is 2.60 bits per heavy atom. The van der Waals surface area contributed by atoms with Crippen LogP contribution in [0.15, 0.2) is 36.7 Å². The number of hydrogen-bond acceptors (Lipinski definition) is 4. The third-order valence-electron chi connectivity index (χ3n) is 3.01. The molecule has 0 saturated heterocycles. The molecule has 3 aromatic rings. The van der Waals surface area contributed by atoms with Crippen molar-refractivity contribution in [2.75, 3.05) is 11.5 Å². The van der Waals surface area contributed by atoms with E-state index in [0.717, 1.165) is 0 Å². The molecule has 0 saturated carbocycles. The molecule has 0 aliphatic carbocycles. The van der Waals surface area contributed by atoms with Gasteiger partial charge in [-0.25, -0.2) is 4.98 Å². The number of nitrogens with one attached hydrogen (secondary N) is 1. The van der Waals surface area contributed by atoms with Gasteiger partial charge in [0.15, 0.2) is 5.78 Å². The van der Waals surface area contributed by atoms with Gasteiger partial charge < -0.3 is 16.5 Å². The smallest absolute Gasteiger partial charge is 0.195 e. The zero-order valence-electron chi connectivity index (χ0n) is 10.4. The molecule has 0 fully saturated rings. The molecule has 0 spiro atoms. The van der Waals surface area contributed by atoms with Crippen molar-refractivity contribution < 1.29 is 4.79 Å². The topological polar surface area (TPSA) is 97.8 Å².